The molecule has 0 unspecified atom stereocenters. The Kier molecular flexibility index (Phi) is 7.51. The number of hydrogen-bond acceptors (Lipinski definition) is 6. The van der Waals surface area contributed by atoms with E-state index in [1.54, 1.807) is 25.1 Å². The topological polar surface area (TPSA) is 100 Å². The zero-order valence-electron chi connectivity index (χ0n) is 18.7. The number of aromatic nitrogens is 1. The summed E-state index contributed by atoms with van der Waals surface area (Å²) in [6.07, 6.45) is 2.26. The second-order valence-corrected chi connectivity index (χ2v) is 8.37. The first-order chi connectivity index (χ1) is 16.1. The number of benzene rings is 2. The van der Waals surface area contributed by atoms with Crippen LogP contribution in [-0.2, 0) is 11.3 Å². The fraction of sp³-hybridized carbons (Fsp3) is 0.346. The second-order valence-electron chi connectivity index (χ2n) is 8.37. The van der Waals surface area contributed by atoms with Crippen molar-refractivity contribution in [1.82, 2.24) is 15.8 Å². The van der Waals surface area contributed by atoms with E-state index in [9.17, 15) is 4.79 Å². The Morgan fingerprint density at radius 1 is 1.15 bits per heavy atom. The minimum atomic E-state index is -0.556. The maximum atomic E-state index is 12.3. The monoisotopic (exact) mass is 444 g/mol. The van der Waals surface area contributed by atoms with Gasteiger partial charge in [0.1, 0.15) is 11.7 Å². The maximum absolute atomic E-state index is 12.3. The molecular formula is C26H28N4O3. The van der Waals surface area contributed by atoms with Crippen LogP contribution in [0.1, 0.15) is 35.7 Å². The fourth-order valence-corrected chi connectivity index (χ4v) is 3.84. The maximum Gasteiger partial charge on any atom is 0.252 e. The van der Waals surface area contributed by atoms with Crippen molar-refractivity contribution in [1.29, 1.82) is 5.26 Å². The van der Waals surface area contributed by atoms with Crippen LogP contribution in [0.5, 0.6) is 0 Å². The van der Waals surface area contributed by atoms with Gasteiger partial charge in [0.15, 0.2) is 5.76 Å². The van der Waals surface area contributed by atoms with Crippen molar-refractivity contribution < 1.29 is 14.1 Å². The molecule has 1 aliphatic rings. The van der Waals surface area contributed by atoms with Crippen molar-refractivity contribution in [2.45, 2.75) is 32.4 Å². The van der Waals surface area contributed by atoms with Crippen molar-refractivity contribution in [2.24, 2.45) is 5.92 Å². The summed E-state index contributed by atoms with van der Waals surface area (Å²) in [4.78, 5) is 12.3. The average Bonchev–Trinajstić information content (AvgIpc) is 3.35. The molecule has 1 fully saturated rings. The molecule has 2 N–H and O–H groups in total. The van der Waals surface area contributed by atoms with Crippen molar-refractivity contribution in [3.63, 3.8) is 0 Å². The first kappa shape index (κ1) is 22.7. The number of carbonyl (C=O) groups is 1. The molecule has 2 heterocycles. The molecule has 1 amide bonds. The molecule has 0 bridgehead atoms. The lowest BCUT2D eigenvalue weighted by Gasteiger charge is -2.22. The smallest absolute Gasteiger partial charge is 0.252 e. The van der Waals surface area contributed by atoms with Gasteiger partial charge in [0.05, 0.1) is 6.07 Å². The van der Waals surface area contributed by atoms with E-state index in [-0.39, 0.29) is 5.91 Å². The molecule has 0 aliphatic carbocycles. The number of carbonyl (C=O) groups excluding carboxylic acids is 1. The van der Waals surface area contributed by atoms with Crippen LogP contribution in [0.2, 0.25) is 0 Å². The first-order valence-corrected chi connectivity index (χ1v) is 11.3. The molecule has 33 heavy (non-hydrogen) atoms. The normalized spacial score (nSPS) is 15.0. The van der Waals surface area contributed by atoms with E-state index in [0.717, 1.165) is 50.3 Å². The molecular weight excluding hydrogens is 416 g/mol. The van der Waals surface area contributed by atoms with E-state index in [2.05, 4.69) is 27.9 Å². The molecule has 7 heteroatoms. The van der Waals surface area contributed by atoms with Crippen molar-refractivity contribution in [3.05, 3.63) is 65.7 Å². The zero-order valence-corrected chi connectivity index (χ0v) is 18.7. The summed E-state index contributed by atoms with van der Waals surface area (Å²) in [5.74, 6) is 1.07. The van der Waals surface area contributed by atoms with Crippen LogP contribution in [0.15, 0.2) is 59.1 Å². The highest BCUT2D eigenvalue weighted by atomic mass is 16.5. The lowest BCUT2D eigenvalue weighted by atomic mass is 10.0. The number of hydrogen-bond donors (Lipinski definition) is 2. The number of ether oxygens (including phenoxy) is 1. The van der Waals surface area contributed by atoms with E-state index in [1.165, 1.54) is 5.56 Å². The number of nitrogens with zero attached hydrogens (tertiary/aromatic N) is 2. The van der Waals surface area contributed by atoms with Gasteiger partial charge in [0, 0.05) is 42.5 Å². The Morgan fingerprint density at radius 2 is 1.94 bits per heavy atom. The zero-order chi connectivity index (χ0) is 23.0. The fourth-order valence-electron chi connectivity index (χ4n) is 3.84. The van der Waals surface area contributed by atoms with Crippen LogP contribution < -0.4 is 10.6 Å². The molecule has 3 aromatic rings. The van der Waals surface area contributed by atoms with Crippen LogP contribution in [0.4, 0.5) is 0 Å². The van der Waals surface area contributed by atoms with Gasteiger partial charge in [0.25, 0.3) is 5.91 Å². The van der Waals surface area contributed by atoms with E-state index in [4.69, 9.17) is 14.5 Å². The van der Waals surface area contributed by atoms with Crippen molar-refractivity contribution >= 4 is 5.91 Å². The highest BCUT2D eigenvalue weighted by Crippen LogP contribution is 2.27. The molecule has 0 saturated carbocycles. The minimum absolute atomic E-state index is 0.296. The summed E-state index contributed by atoms with van der Waals surface area (Å²) in [5.41, 5.74) is 4.05. The molecule has 170 valence electrons. The quantitative estimate of drug-likeness (QED) is 0.541. The van der Waals surface area contributed by atoms with Crippen LogP contribution >= 0.6 is 0 Å². The van der Waals surface area contributed by atoms with Gasteiger partial charge in [-0.05, 0) is 49.9 Å². The summed E-state index contributed by atoms with van der Waals surface area (Å²) >= 11 is 0. The second kappa shape index (κ2) is 10.9. The predicted octanol–water partition coefficient (Wildman–Crippen LogP) is 4.17. The molecule has 1 aromatic heterocycles. The van der Waals surface area contributed by atoms with Gasteiger partial charge >= 0.3 is 0 Å². The summed E-state index contributed by atoms with van der Waals surface area (Å²) < 4.78 is 11.0. The van der Waals surface area contributed by atoms with Gasteiger partial charge in [-0.3, -0.25) is 4.79 Å². The third-order valence-electron chi connectivity index (χ3n) is 5.81. The Labute approximate surface area is 193 Å². The SMILES string of the molecule is C[C@H](C#N)NC(=O)c1cccc(-c2cc(-c3ccc(CNCC4CCOCC4)cc3)on2)c1. The lowest BCUT2D eigenvalue weighted by Crippen LogP contribution is -2.31. The van der Waals surface area contributed by atoms with E-state index in [0.29, 0.717) is 22.9 Å². The Hall–Kier alpha value is -3.47. The summed E-state index contributed by atoms with van der Waals surface area (Å²) in [6, 6.07) is 18.7. The summed E-state index contributed by atoms with van der Waals surface area (Å²) in [5, 5.41) is 19.3. The highest BCUT2D eigenvalue weighted by molar-refractivity contribution is 5.95. The first-order valence-electron chi connectivity index (χ1n) is 11.3. The van der Waals surface area contributed by atoms with Gasteiger partial charge in [-0.2, -0.15) is 5.26 Å². The molecule has 1 atom stereocenters. The predicted molar refractivity (Wildman–Crippen MR) is 125 cm³/mol. The largest absolute Gasteiger partial charge is 0.381 e. The third-order valence-corrected chi connectivity index (χ3v) is 5.81. The van der Waals surface area contributed by atoms with Crippen LogP contribution in [-0.4, -0.2) is 36.9 Å². The number of nitrogens with one attached hydrogen (secondary N) is 2. The van der Waals surface area contributed by atoms with E-state index >= 15 is 0 Å². The van der Waals surface area contributed by atoms with Crippen molar-refractivity contribution in [2.75, 3.05) is 19.8 Å². The van der Waals surface area contributed by atoms with Crippen LogP contribution in [0.25, 0.3) is 22.6 Å². The summed E-state index contributed by atoms with van der Waals surface area (Å²) in [7, 11) is 0. The average molecular weight is 445 g/mol. The number of nitriles is 1. The van der Waals surface area contributed by atoms with E-state index < -0.39 is 6.04 Å². The van der Waals surface area contributed by atoms with Gasteiger partial charge in [-0.1, -0.05) is 41.6 Å². The molecule has 7 nitrogen and oxygen atoms in total. The number of rotatable bonds is 8. The molecule has 4 rings (SSSR count). The Bertz CT molecular complexity index is 1110. The van der Waals surface area contributed by atoms with Gasteiger partial charge in [0.2, 0.25) is 0 Å². The minimum Gasteiger partial charge on any atom is -0.381 e. The summed E-state index contributed by atoms with van der Waals surface area (Å²) in [6.45, 7) is 5.23. The Morgan fingerprint density at radius 3 is 2.70 bits per heavy atom. The molecule has 0 radical (unpaired) electrons. The van der Waals surface area contributed by atoms with Crippen LogP contribution in [0.3, 0.4) is 0 Å². The van der Waals surface area contributed by atoms with Gasteiger partial charge < -0.3 is 19.9 Å². The van der Waals surface area contributed by atoms with Gasteiger partial charge in [-0.25, -0.2) is 0 Å². The van der Waals surface area contributed by atoms with Gasteiger partial charge in [-0.15, -0.1) is 0 Å². The molecule has 1 saturated heterocycles. The van der Waals surface area contributed by atoms with E-state index in [1.807, 2.05) is 30.3 Å². The Balaban J connectivity index is 1.37. The molecule has 1 aliphatic heterocycles. The van der Waals surface area contributed by atoms with Crippen molar-refractivity contribution in [3.8, 4) is 28.7 Å². The molecule has 2 aromatic carbocycles. The third kappa shape index (κ3) is 6.07. The highest BCUT2D eigenvalue weighted by Gasteiger charge is 2.14. The standard InChI is InChI=1S/C26H28N4O3/c1-18(15-27)29-26(31)23-4-2-3-22(13-23)24-14-25(33-30-24)21-7-5-19(6-8-21)16-28-17-20-9-11-32-12-10-20/h2-8,13-14,18,20,28H,9-12,16-17H2,1H3,(H,29,31)/t18-/m1/s1. The lowest BCUT2D eigenvalue weighted by molar-refractivity contribution is 0.0662. The number of amides is 1. The molecule has 0 spiro atoms. The van der Waals surface area contributed by atoms with Crippen LogP contribution in [0, 0.1) is 17.2 Å².